The first-order valence-electron chi connectivity index (χ1n) is 10.2. The largest absolute Gasteiger partial charge is 0.474 e. The smallest absolute Gasteiger partial charge is 0.221 e. The van der Waals surface area contributed by atoms with Gasteiger partial charge in [0.1, 0.15) is 11.9 Å². The summed E-state index contributed by atoms with van der Waals surface area (Å²) < 4.78 is 11.8. The molecular weight excluding hydrogens is 350 g/mol. The number of rotatable bonds is 4. The molecule has 1 saturated carbocycles. The first kappa shape index (κ1) is 17.4. The molecule has 5 nitrogen and oxygen atoms in total. The molecule has 3 heterocycles. The molecule has 28 heavy (non-hydrogen) atoms. The molecule has 0 atom stereocenters. The van der Waals surface area contributed by atoms with E-state index in [0.717, 1.165) is 67.0 Å². The number of aromatic amines is 1. The van der Waals surface area contributed by atoms with Crippen LogP contribution in [0.4, 0.5) is 0 Å². The van der Waals surface area contributed by atoms with E-state index in [2.05, 4.69) is 34.2 Å². The van der Waals surface area contributed by atoms with Crippen LogP contribution in [0.25, 0.3) is 16.6 Å². The van der Waals surface area contributed by atoms with E-state index < -0.39 is 0 Å². The molecular formula is C23H25N3O2. The Kier molecular flexibility index (Phi) is 4.83. The highest BCUT2D eigenvalue weighted by Crippen LogP contribution is 2.35. The van der Waals surface area contributed by atoms with Crippen LogP contribution >= 0.6 is 0 Å². The van der Waals surface area contributed by atoms with Crippen molar-refractivity contribution in [3.05, 3.63) is 60.1 Å². The van der Waals surface area contributed by atoms with Crippen molar-refractivity contribution in [3.63, 3.8) is 0 Å². The lowest BCUT2D eigenvalue weighted by Gasteiger charge is -2.28. The summed E-state index contributed by atoms with van der Waals surface area (Å²) in [6.07, 6.45) is 9.33. The molecule has 0 unspecified atom stereocenters. The van der Waals surface area contributed by atoms with Gasteiger partial charge in [-0.25, -0.2) is 9.97 Å². The van der Waals surface area contributed by atoms with E-state index in [9.17, 15) is 0 Å². The third-order valence-corrected chi connectivity index (χ3v) is 5.83. The summed E-state index contributed by atoms with van der Waals surface area (Å²) in [6, 6.07) is 12.3. The highest BCUT2D eigenvalue weighted by atomic mass is 16.5. The summed E-state index contributed by atoms with van der Waals surface area (Å²) in [5.74, 6) is 2.36. The Hall–Kier alpha value is -2.66. The Labute approximate surface area is 164 Å². The number of nitrogens with zero attached hydrogens (tertiary/aromatic N) is 2. The van der Waals surface area contributed by atoms with Crippen LogP contribution in [0.1, 0.15) is 49.4 Å². The average molecular weight is 375 g/mol. The first-order chi connectivity index (χ1) is 13.9. The minimum Gasteiger partial charge on any atom is -0.474 e. The van der Waals surface area contributed by atoms with E-state index in [1.54, 1.807) is 0 Å². The van der Waals surface area contributed by atoms with Gasteiger partial charge in [-0.05, 0) is 61.9 Å². The zero-order chi connectivity index (χ0) is 18.8. The standard InChI is InChI=1S/C23H25N3O2/c1-2-6-21-20(5-1)25-22(26-21)17-7-9-18(10-8-17)28-23-19(4-3-13-24-23)16-11-14-27-15-12-16/h1-6,11,13,17-18H,7-10,12,14-15H2,(H,25,26). The molecule has 1 N–H and O–H groups in total. The lowest BCUT2D eigenvalue weighted by Crippen LogP contribution is -2.24. The maximum atomic E-state index is 6.36. The molecule has 2 aliphatic rings. The number of para-hydroxylation sites is 2. The maximum Gasteiger partial charge on any atom is 0.221 e. The summed E-state index contributed by atoms with van der Waals surface area (Å²) in [5.41, 5.74) is 4.58. The lowest BCUT2D eigenvalue weighted by molar-refractivity contribution is 0.138. The van der Waals surface area contributed by atoms with Crippen molar-refractivity contribution in [2.45, 2.75) is 44.1 Å². The fraction of sp³-hybridized carbons (Fsp3) is 0.391. The third kappa shape index (κ3) is 3.54. The summed E-state index contributed by atoms with van der Waals surface area (Å²) in [4.78, 5) is 12.8. The predicted octanol–water partition coefficient (Wildman–Crippen LogP) is 4.87. The van der Waals surface area contributed by atoms with Crippen LogP contribution in [-0.2, 0) is 4.74 Å². The highest BCUT2D eigenvalue weighted by Gasteiger charge is 2.26. The quantitative estimate of drug-likeness (QED) is 0.707. The Morgan fingerprint density at radius 2 is 1.93 bits per heavy atom. The molecule has 1 aliphatic carbocycles. The van der Waals surface area contributed by atoms with E-state index in [1.165, 1.54) is 5.57 Å². The van der Waals surface area contributed by atoms with Crippen molar-refractivity contribution in [1.82, 2.24) is 15.0 Å². The van der Waals surface area contributed by atoms with Crippen molar-refractivity contribution >= 4 is 16.6 Å². The number of pyridine rings is 1. The number of benzene rings is 1. The number of nitrogens with one attached hydrogen (secondary N) is 1. The van der Waals surface area contributed by atoms with Crippen molar-refractivity contribution < 1.29 is 9.47 Å². The molecule has 5 heteroatoms. The van der Waals surface area contributed by atoms with Gasteiger partial charge in [-0.15, -0.1) is 0 Å². The fourth-order valence-corrected chi connectivity index (χ4v) is 4.28. The van der Waals surface area contributed by atoms with Crippen molar-refractivity contribution in [3.8, 4) is 5.88 Å². The topological polar surface area (TPSA) is 60.0 Å². The molecule has 1 fully saturated rings. The third-order valence-electron chi connectivity index (χ3n) is 5.83. The van der Waals surface area contributed by atoms with Crippen molar-refractivity contribution in [1.29, 1.82) is 0 Å². The molecule has 5 rings (SSSR count). The predicted molar refractivity (Wildman–Crippen MR) is 109 cm³/mol. The Morgan fingerprint density at radius 1 is 1.04 bits per heavy atom. The van der Waals surface area contributed by atoms with Crippen LogP contribution in [0, 0.1) is 0 Å². The van der Waals surface area contributed by atoms with Gasteiger partial charge in [0.15, 0.2) is 0 Å². The number of ether oxygens (including phenoxy) is 2. The van der Waals surface area contributed by atoms with Gasteiger partial charge < -0.3 is 14.5 Å². The number of hydrogen-bond acceptors (Lipinski definition) is 4. The number of imidazole rings is 1. The second-order valence-corrected chi connectivity index (χ2v) is 7.64. The Morgan fingerprint density at radius 3 is 2.75 bits per heavy atom. The number of H-pyrrole nitrogens is 1. The van der Waals surface area contributed by atoms with Crippen LogP contribution in [0.3, 0.4) is 0 Å². The zero-order valence-electron chi connectivity index (χ0n) is 15.9. The molecule has 0 bridgehead atoms. The van der Waals surface area contributed by atoms with Gasteiger partial charge in [-0.1, -0.05) is 18.2 Å². The highest BCUT2D eigenvalue weighted by molar-refractivity contribution is 5.74. The molecule has 1 aromatic carbocycles. The van der Waals surface area contributed by atoms with Crippen LogP contribution < -0.4 is 4.74 Å². The number of aromatic nitrogens is 3. The summed E-state index contributed by atoms with van der Waals surface area (Å²) in [7, 11) is 0. The number of hydrogen-bond donors (Lipinski definition) is 1. The lowest BCUT2D eigenvalue weighted by atomic mass is 9.87. The van der Waals surface area contributed by atoms with Crippen LogP contribution in [0.2, 0.25) is 0 Å². The van der Waals surface area contributed by atoms with Crippen molar-refractivity contribution in [2.24, 2.45) is 0 Å². The van der Waals surface area contributed by atoms with Gasteiger partial charge in [-0.3, -0.25) is 0 Å². The van der Waals surface area contributed by atoms with Crippen LogP contribution in [0.5, 0.6) is 5.88 Å². The molecule has 2 aromatic heterocycles. The van der Waals surface area contributed by atoms with Gasteiger partial charge in [0.2, 0.25) is 5.88 Å². The minimum atomic E-state index is 0.217. The maximum absolute atomic E-state index is 6.36. The number of fused-ring (bicyclic) bond motifs is 1. The SMILES string of the molecule is C1=C(c2cccnc2OC2CCC(c3nc4ccccc4[nH]3)CC2)CCOC1. The summed E-state index contributed by atoms with van der Waals surface area (Å²) in [5, 5.41) is 0. The van der Waals surface area contributed by atoms with Crippen LogP contribution in [0.15, 0.2) is 48.7 Å². The molecule has 1 aliphatic heterocycles. The monoisotopic (exact) mass is 375 g/mol. The van der Waals surface area contributed by atoms with Gasteiger partial charge in [0, 0.05) is 17.7 Å². The molecule has 0 saturated heterocycles. The normalized spacial score (nSPS) is 22.8. The van der Waals surface area contributed by atoms with Crippen LogP contribution in [-0.4, -0.2) is 34.3 Å². The minimum absolute atomic E-state index is 0.217. The molecule has 0 radical (unpaired) electrons. The van der Waals surface area contributed by atoms with E-state index in [4.69, 9.17) is 14.5 Å². The molecule has 3 aromatic rings. The Balaban J connectivity index is 1.26. The van der Waals surface area contributed by atoms with E-state index in [1.807, 2.05) is 24.4 Å². The van der Waals surface area contributed by atoms with Gasteiger partial charge in [0.05, 0.1) is 24.2 Å². The molecule has 144 valence electrons. The van der Waals surface area contributed by atoms with Gasteiger partial charge in [-0.2, -0.15) is 0 Å². The van der Waals surface area contributed by atoms with E-state index in [-0.39, 0.29) is 6.10 Å². The second kappa shape index (κ2) is 7.76. The zero-order valence-corrected chi connectivity index (χ0v) is 15.9. The Bertz CT molecular complexity index is 953. The molecule has 0 spiro atoms. The van der Waals surface area contributed by atoms with E-state index >= 15 is 0 Å². The first-order valence-corrected chi connectivity index (χ1v) is 10.2. The fourth-order valence-electron chi connectivity index (χ4n) is 4.28. The van der Waals surface area contributed by atoms with Crippen molar-refractivity contribution in [2.75, 3.05) is 13.2 Å². The van der Waals surface area contributed by atoms with Gasteiger partial charge in [0.25, 0.3) is 0 Å². The summed E-state index contributed by atoms with van der Waals surface area (Å²) >= 11 is 0. The average Bonchev–Trinajstić information content (AvgIpc) is 3.20. The van der Waals surface area contributed by atoms with Gasteiger partial charge >= 0.3 is 0 Å². The second-order valence-electron chi connectivity index (χ2n) is 7.64. The summed E-state index contributed by atoms with van der Waals surface area (Å²) in [6.45, 7) is 1.44. The molecule has 0 amide bonds. The van der Waals surface area contributed by atoms with E-state index in [0.29, 0.717) is 12.5 Å².